The Kier molecular flexibility index (Phi) is 7.19. The largest absolute Gasteiger partial charge is 0.465 e. The second-order valence-corrected chi connectivity index (χ2v) is 14.7. The number of carbonyl (C=O) groups is 4. The zero-order valence-electron chi connectivity index (χ0n) is 27.6. The Morgan fingerprint density at radius 2 is 1.89 bits per heavy atom. The van der Waals surface area contributed by atoms with Gasteiger partial charge >= 0.3 is 17.9 Å². The van der Waals surface area contributed by atoms with Gasteiger partial charge in [0.25, 0.3) is 0 Å². The molecule has 0 bridgehead atoms. The molecule has 47 heavy (non-hydrogen) atoms. The molecule has 10 heteroatoms. The predicted octanol–water partition coefficient (Wildman–Crippen LogP) is 4.81. The number of cyclic esters (lactones) is 1. The van der Waals surface area contributed by atoms with Crippen molar-refractivity contribution in [3.8, 4) is 0 Å². The minimum atomic E-state index is -1.56. The Labute approximate surface area is 273 Å². The summed E-state index contributed by atoms with van der Waals surface area (Å²) >= 11 is 0. The molecule has 4 aliphatic carbocycles. The molecule has 1 aromatic heterocycles. The van der Waals surface area contributed by atoms with Gasteiger partial charge in [-0.25, -0.2) is 9.59 Å². The molecule has 1 spiro atoms. The minimum Gasteiger partial charge on any atom is -0.465 e. The summed E-state index contributed by atoms with van der Waals surface area (Å²) in [5.74, 6) is -2.21. The lowest BCUT2D eigenvalue weighted by molar-refractivity contribution is -0.225. The zero-order chi connectivity index (χ0) is 33.7. The van der Waals surface area contributed by atoms with Crippen LogP contribution in [-0.4, -0.2) is 64.4 Å². The lowest BCUT2D eigenvalue weighted by Crippen LogP contribution is -2.70. The lowest BCUT2D eigenvalue weighted by Gasteiger charge is -2.61. The molecule has 1 saturated heterocycles. The summed E-state index contributed by atoms with van der Waals surface area (Å²) in [6, 6.07) is 3.43. The maximum atomic E-state index is 14.0. The number of fused-ring (bicyclic) bond motifs is 4. The summed E-state index contributed by atoms with van der Waals surface area (Å²) in [6.45, 7) is 10.9. The quantitative estimate of drug-likeness (QED) is 0.150. The molecule has 10 nitrogen and oxygen atoms in total. The summed E-state index contributed by atoms with van der Waals surface area (Å²) < 4.78 is 29.4. The predicted molar refractivity (Wildman–Crippen MR) is 167 cm³/mol. The van der Waals surface area contributed by atoms with E-state index in [1.807, 2.05) is 33.8 Å². The number of hydrogen-bond acceptors (Lipinski definition) is 10. The van der Waals surface area contributed by atoms with Crippen LogP contribution < -0.4 is 0 Å². The summed E-state index contributed by atoms with van der Waals surface area (Å²) in [4.78, 5) is 52.1. The van der Waals surface area contributed by atoms with E-state index in [0.717, 1.165) is 11.1 Å². The van der Waals surface area contributed by atoms with Gasteiger partial charge in [-0.05, 0) is 88.3 Å². The van der Waals surface area contributed by atoms with Crippen LogP contribution in [0.5, 0.6) is 0 Å². The van der Waals surface area contributed by atoms with Crippen molar-refractivity contribution in [2.45, 2.75) is 103 Å². The molecule has 6 aliphatic rings. The van der Waals surface area contributed by atoms with Crippen LogP contribution in [-0.2, 0) is 38.1 Å². The van der Waals surface area contributed by atoms with Crippen molar-refractivity contribution in [3.05, 3.63) is 65.2 Å². The van der Waals surface area contributed by atoms with Gasteiger partial charge in [0.15, 0.2) is 11.9 Å². The fourth-order valence-electron chi connectivity index (χ4n) is 9.95. The number of carbonyl (C=O) groups excluding carboxylic acids is 4. The van der Waals surface area contributed by atoms with Crippen molar-refractivity contribution in [2.75, 3.05) is 0 Å². The number of esters is 3. The lowest BCUT2D eigenvalue weighted by atomic mass is 9.42. The molecule has 7 rings (SSSR count). The highest BCUT2D eigenvalue weighted by Gasteiger charge is 2.83. The van der Waals surface area contributed by atoms with Gasteiger partial charge in [0.1, 0.15) is 29.2 Å². The number of rotatable bonds is 6. The number of aliphatic hydroxyl groups is 1. The Hall–Kier alpha value is -3.76. The molecule has 2 aliphatic heterocycles. The van der Waals surface area contributed by atoms with E-state index in [2.05, 4.69) is 0 Å². The van der Waals surface area contributed by atoms with E-state index in [-0.39, 0.29) is 23.6 Å². The first-order valence-corrected chi connectivity index (χ1v) is 16.5. The smallest absolute Gasteiger partial charge is 0.333 e. The van der Waals surface area contributed by atoms with Crippen LogP contribution in [0.25, 0.3) is 6.08 Å². The maximum Gasteiger partial charge on any atom is 0.333 e. The fraction of sp³-hybridized carbons (Fsp3) is 0.568. The van der Waals surface area contributed by atoms with Crippen molar-refractivity contribution in [1.29, 1.82) is 0 Å². The van der Waals surface area contributed by atoms with Crippen molar-refractivity contribution >= 4 is 29.8 Å². The molecular weight excluding hydrogens is 604 g/mol. The standard InChI is InChI=1S/C37H42O10/c1-19-16-27(45-33(41)20(19)2)21(3)25-17-30(44-22(4)38)36(42)26-18-31-37(47-31)29(46-32(40)12-9-23-8-7-15-43-23)11-10-28(39)35(37,6)24(26)13-14-34(25,36)5/h7-12,15,17,21,24,26-27,29-31,42H,13-14,16,18H2,1-6H3. The first-order chi connectivity index (χ1) is 22.2. The third kappa shape index (κ3) is 4.29. The first-order valence-electron chi connectivity index (χ1n) is 16.5. The van der Waals surface area contributed by atoms with Crippen LogP contribution in [0.4, 0.5) is 0 Å². The molecule has 3 heterocycles. The number of ketones is 1. The Balaban J connectivity index is 1.21. The van der Waals surface area contributed by atoms with Gasteiger partial charge < -0.3 is 28.5 Å². The van der Waals surface area contributed by atoms with E-state index in [0.29, 0.717) is 37.0 Å². The Bertz CT molecular complexity index is 1660. The van der Waals surface area contributed by atoms with Crippen molar-refractivity contribution in [3.63, 3.8) is 0 Å². The van der Waals surface area contributed by atoms with Crippen LogP contribution in [0.1, 0.15) is 73.0 Å². The van der Waals surface area contributed by atoms with Crippen molar-refractivity contribution < 1.29 is 47.6 Å². The van der Waals surface area contributed by atoms with Gasteiger partial charge in [-0.15, -0.1) is 0 Å². The van der Waals surface area contributed by atoms with Gasteiger partial charge in [0.2, 0.25) is 0 Å². The monoisotopic (exact) mass is 646 g/mol. The molecular formula is C37H42O10. The summed E-state index contributed by atoms with van der Waals surface area (Å²) in [7, 11) is 0. The Morgan fingerprint density at radius 3 is 2.57 bits per heavy atom. The molecule has 0 radical (unpaired) electrons. The van der Waals surface area contributed by atoms with E-state index in [1.54, 1.807) is 25.1 Å². The van der Waals surface area contributed by atoms with Crippen molar-refractivity contribution in [1.82, 2.24) is 0 Å². The number of hydrogen-bond donors (Lipinski definition) is 1. The SMILES string of the molecule is CC(=O)OC1C=C(C(C)C2CC(C)=C(C)C(=O)O2)C2(C)CCC3C(CC4OC45C(OC(=O)C=Cc4ccco4)C=CC(=O)C35C)C12O. The molecule has 1 aromatic rings. The summed E-state index contributed by atoms with van der Waals surface area (Å²) in [6.07, 6.45) is 8.59. The minimum absolute atomic E-state index is 0.143. The molecule has 11 atom stereocenters. The number of ether oxygens (including phenoxy) is 4. The average Bonchev–Trinajstić information content (AvgIpc) is 3.42. The van der Waals surface area contributed by atoms with Crippen LogP contribution in [0.3, 0.4) is 0 Å². The number of allylic oxidation sites excluding steroid dienone is 1. The molecule has 250 valence electrons. The molecule has 2 saturated carbocycles. The first kappa shape index (κ1) is 31.8. The van der Waals surface area contributed by atoms with Crippen molar-refractivity contribution in [2.24, 2.45) is 28.6 Å². The third-order valence-electron chi connectivity index (χ3n) is 12.7. The second-order valence-electron chi connectivity index (χ2n) is 14.7. The highest BCUT2D eigenvalue weighted by Crippen LogP contribution is 2.74. The van der Waals surface area contributed by atoms with Crippen LogP contribution in [0, 0.1) is 28.6 Å². The van der Waals surface area contributed by atoms with Gasteiger partial charge in [0.05, 0.1) is 17.8 Å². The van der Waals surface area contributed by atoms with Gasteiger partial charge in [-0.3, -0.25) is 9.59 Å². The second kappa shape index (κ2) is 10.6. The average molecular weight is 647 g/mol. The summed E-state index contributed by atoms with van der Waals surface area (Å²) in [5, 5.41) is 13.1. The normalized spacial score (nSPS) is 42.5. The fourth-order valence-corrected chi connectivity index (χ4v) is 9.95. The Morgan fingerprint density at radius 1 is 1.13 bits per heavy atom. The molecule has 11 unspecified atom stereocenters. The highest BCUT2D eigenvalue weighted by molar-refractivity contribution is 5.98. The van der Waals surface area contributed by atoms with Crippen LogP contribution >= 0.6 is 0 Å². The van der Waals surface area contributed by atoms with E-state index in [1.165, 1.54) is 31.4 Å². The molecule has 3 fully saturated rings. The van der Waals surface area contributed by atoms with Gasteiger partial charge in [0, 0.05) is 36.3 Å². The molecule has 1 N–H and O–H groups in total. The topological polar surface area (TPSA) is 142 Å². The molecule has 0 amide bonds. The van der Waals surface area contributed by atoms with E-state index in [4.69, 9.17) is 23.4 Å². The van der Waals surface area contributed by atoms with Crippen LogP contribution in [0.15, 0.2) is 63.8 Å². The summed E-state index contributed by atoms with van der Waals surface area (Å²) in [5.41, 5.74) is -2.13. The third-order valence-corrected chi connectivity index (χ3v) is 12.7. The number of epoxide rings is 1. The van der Waals surface area contributed by atoms with Gasteiger partial charge in [-0.1, -0.05) is 25.0 Å². The highest BCUT2D eigenvalue weighted by atomic mass is 16.7. The van der Waals surface area contributed by atoms with Crippen LogP contribution in [0.2, 0.25) is 0 Å². The van der Waals surface area contributed by atoms with E-state index >= 15 is 0 Å². The zero-order valence-corrected chi connectivity index (χ0v) is 27.6. The number of furan rings is 1. The van der Waals surface area contributed by atoms with E-state index in [9.17, 15) is 24.3 Å². The van der Waals surface area contributed by atoms with Gasteiger partial charge in [-0.2, -0.15) is 0 Å². The maximum absolute atomic E-state index is 14.0. The molecule has 0 aromatic carbocycles. The van der Waals surface area contributed by atoms with E-state index < -0.39 is 64.3 Å².